The van der Waals surface area contributed by atoms with Crippen LogP contribution in [0.15, 0.2) is 84.0 Å². The summed E-state index contributed by atoms with van der Waals surface area (Å²) in [5.74, 6) is -0.489. The van der Waals surface area contributed by atoms with E-state index in [2.05, 4.69) is 64.8 Å². The highest BCUT2D eigenvalue weighted by Crippen LogP contribution is 2.41. The smallest absolute Gasteiger partial charge is 0.313 e. The van der Waals surface area contributed by atoms with Crippen molar-refractivity contribution < 1.29 is 14.2 Å². The van der Waals surface area contributed by atoms with E-state index in [1.54, 1.807) is 14.2 Å². The zero-order valence-corrected chi connectivity index (χ0v) is 23.1. The number of aliphatic imine (C=N–C) groups is 1. The molecule has 1 fully saturated rings. The molecule has 206 valence electrons. The number of fused-ring (bicyclic) bond motifs is 1. The molecule has 5 rings (SSSR count). The Morgan fingerprint density at radius 3 is 2.51 bits per heavy atom. The van der Waals surface area contributed by atoms with Crippen molar-refractivity contribution in [1.82, 2.24) is 10.2 Å². The summed E-state index contributed by atoms with van der Waals surface area (Å²) >= 11 is 0. The van der Waals surface area contributed by atoms with Gasteiger partial charge in [-0.15, -0.1) is 0 Å². The number of nitrogens with two attached hydrogens (primary N) is 1. The first-order valence-electron chi connectivity index (χ1n) is 13.9. The van der Waals surface area contributed by atoms with Crippen molar-refractivity contribution in [2.24, 2.45) is 10.7 Å². The van der Waals surface area contributed by atoms with Crippen LogP contribution in [0.4, 0.5) is 0 Å². The lowest BCUT2D eigenvalue weighted by molar-refractivity contribution is -0.425. The van der Waals surface area contributed by atoms with Crippen LogP contribution >= 0.6 is 0 Å². The summed E-state index contributed by atoms with van der Waals surface area (Å²) in [6, 6.07) is 23.2. The van der Waals surface area contributed by atoms with Gasteiger partial charge in [-0.2, -0.15) is 0 Å². The Bertz CT molecular complexity index is 1310. The minimum absolute atomic E-state index is 0.678. The highest BCUT2D eigenvalue weighted by atomic mass is 16.9. The van der Waals surface area contributed by atoms with E-state index in [-0.39, 0.29) is 0 Å². The number of hydrogen-bond donors (Lipinski definition) is 2. The van der Waals surface area contributed by atoms with E-state index in [1.807, 2.05) is 24.4 Å². The molecule has 7 nitrogen and oxygen atoms in total. The minimum atomic E-state index is -1.39. The van der Waals surface area contributed by atoms with Crippen molar-refractivity contribution in [1.29, 1.82) is 0 Å². The maximum atomic E-state index is 7.11. The summed E-state index contributed by atoms with van der Waals surface area (Å²) in [7, 11) is 3.28. The molecule has 0 radical (unpaired) electrons. The third kappa shape index (κ3) is 5.78. The summed E-state index contributed by atoms with van der Waals surface area (Å²) < 4.78 is 19.3. The number of methoxy groups -OCH3 is 2. The average Bonchev–Trinajstić information content (AvgIpc) is 3.00. The molecule has 0 amide bonds. The molecule has 0 bridgehead atoms. The van der Waals surface area contributed by atoms with Crippen LogP contribution in [0.2, 0.25) is 0 Å². The van der Waals surface area contributed by atoms with Crippen molar-refractivity contribution in [3.8, 4) is 0 Å². The number of nitrogens with one attached hydrogen (secondary N) is 1. The van der Waals surface area contributed by atoms with Crippen LogP contribution in [0, 0.1) is 0 Å². The van der Waals surface area contributed by atoms with Gasteiger partial charge in [0.05, 0.1) is 0 Å². The van der Waals surface area contributed by atoms with E-state index < -0.39 is 11.7 Å². The van der Waals surface area contributed by atoms with Gasteiger partial charge in [0.25, 0.3) is 0 Å². The van der Waals surface area contributed by atoms with Crippen LogP contribution in [-0.2, 0) is 26.6 Å². The number of aryl methyl sites for hydroxylation is 1. The molecular weight excluding hydrogens is 488 g/mol. The Morgan fingerprint density at radius 1 is 0.949 bits per heavy atom. The second-order valence-corrected chi connectivity index (χ2v) is 10.2. The number of nitrogens with zero attached hydrogens (tertiary/aromatic N) is 2. The predicted octanol–water partition coefficient (Wildman–Crippen LogP) is 4.90. The fraction of sp³-hybridized carbons (Fsp3) is 0.406. The highest BCUT2D eigenvalue weighted by molar-refractivity contribution is 6.00. The van der Waals surface area contributed by atoms with Crippen LogP contribution in [0.25, 0.3) is 10.8 Å². The molecule has 2 heterocycles. The van der Waals surface area contributed by atoms with Gasteiger partial charge in [-0.1, -0.05) is 54.6 Å². The fourth-order valence-electron chi connectivity index (χ4n) is 5.70. The topological polar surface area (TPSA) is 81.3 Å². The minimum Gasteiger partial charge on any atom is -0.330 e. The van der Waals surface area contributed by atoms with E-state index in [0.29, 0.717) is 6.54 Å². The molecule has 0 saturated carbocycles. The quantitative estimate of drug-likeness (QED) is 0.272. The zero-order chi connectivity index (χ0) is 27.1. The Labute approximate surface area is 231 Å². The lowest BCUT2D eigenvalue weighted by Gasteiger charge is -2.51. The summed E-state index contributed by atoms with van der Waals surface area (Å²) in [4.78, 5) is 7.19. The molecule has 0 spiro atoms. The zero-order valence-electron chi connectivity index (χ0n) is 23.1. The second kappa shape index (κ2) is 12.4. The number of unbranched alkanes of at least 4 members (excludes halogenated alkanes) is 1. The van der Waals surface area contributed by atoms with Crippen LogP contribution in [0.3, 0.4) is 0 Å². The van der Waals surface area contributed by atoms with Crippen molar-refractivity contribution in [3.05, 3.63) is 95.7 Å². The average molecular weight is 529 g/mol. The summed E-state index contributed by atoms with van der Waals surface area (Å²) in [5, 5.41) is 5.76. The number of amidine groups is 1. The van der Waals surface area contributed by atoms with Crippen LogP contribution in [-0.4, -0.2) is 56.9 Å². The lowest BCUT2D eigenvalue weighted by Crippen LogP contribution is -2.62. The van der Waals surface area contributed by atoms with Crippen LogP contribution in [0.5, 0.6) is 0 Å². The van der Waals surface area contributed by atoms with Gasteiger partial charge in [0.15, 0.2) is 5.72 Å². The summed E-state index contributed by atoms with van der Waals surface area (Å²) in [5.41, 5.74) is 8.21. The highest BCUT2D eigenvalue weighted by Gasteiger charge is 2.49. The molecule has 0 aromatic heterocycles. The molecular formula is C32H40N4O3. The molecule has 3 N–H and O–H groups in total. The first-order valence-corrected chi connectivity index (χ1v) is 13.9. The summed E-state index contributed by atoms with van der Waals surface area (Å²) in [6.07, 6.45) is 8.57. The van der Waals surface area contributed by atoms with E-state index in [0.717, 1.165) is 79.5 Å². The molecule has 0 aliphatic carbocycles. The van der Waals surface area contributed by atoms with E-state index in [1.165, 1.54) is 5.56 Å². The molecule has 3 aromatic carbocycles. The van der Waals surface area contributed by atoms with Gasteiger partial charge >= 0.3 is 5.97 Å². The number of hydrogen-bond acceptors (Lipinski definition) is 7. The maximum absolute atomic E-state index is 7.11. The van der Waals surface area contributed by atoms with Crippen LogP contribution < -0.4 is 11.1 Å². The van der Waals surface area contributed by atoms with Gasteiger partial charge in [0.1, 0.15) is 5.84 Å². The fourth-order valence-corrected chi connectivity index (χ4v) is 5.70. The van der Waals surface area contributed by atoms with Gasteiger partial charge in [-0.3, -0.25) is 4.74 Å². The van der Waals surface area contributed by atoms with Crippen LogP contribution in [0.1, 0.15) is 42.4 Å². The number of piperidine rings is 1. The Balaban J connectivity index is 1.52. The molecule has 39 heavy (non-hydrogen) atoms. The Morgan fingerprint density at radius 2 is 1.74 bits per heavy atom. The number of benzene rings is 3. The standard InChI is InChI=1S/C32H40N4O3/c1-37-32(38-2,29-15-14-26-11-3-4-12-27(26)24-29)39-31(16-20-34-21-17-31)36-22-8-19-35-30(36)28-13-7-10-25(23-28)9-5-6-18-33/h3-4,7-8,10-15,19,23-24,34H,5-6,9,16-18,20-22,33H2,1-2H3. The van der Waals surface area contributed by atoms with E-state index in [4.69, 9.17) is 24.9 Å². The number of rotatable bonds is 11. The van der Waals surface area contributed by atoms with Crippen molar-refractivity contribution in [3.63, 3.8) is 0 Å². The molecule has 1 saturated heterocycles. The molecule has 2 aliphatic rings. The van der Waals surface area contributed by atoms with E-state index >= 15 is 0 Å². The molecule has 7 heteroatoms. The second-order valence-electron chi connectivity index (χ2n) is 10.2. The van der Waals surface area contributed by atoms with Gasteiger partial charge < -0.3 is 25.4 Å². The molecule has 2 aliphatic heterocycles. The lowest BCUT2D eigenvalue weighted by atomic mass is 9.96. The number of ether oxygens (including phenoxy) is 3. The summed E-state index contributed by atoms with van der Waals surface area (Å²) in [6.45, 7) is 3.02. The maximum Gasteiger partial charge on any atom is 0.313 e. The van der Waals surface area contributed by atoms with Gasteiger partial charge in [0, 0.05) is 50.9 Å². The monoisotopic (exact) mass is 528 g/mol. The van der Waals surface area contributed by atoms with Gasteiger partial charge in [-0.25, -0.2) is 4.99 Å². The largest absolute Gasteiger partial charge is 0.330 e. The third-order valence-electron chi connectivity index (χ3n) is 7.79. The SMILES string of the molecule is COC(OC)(OC1(N2CC=CN=C2c2cccc(CCCCN)c2)CCNCC1)c1ccc2ccccc2c1. The predicted molar refractivity (Wildman–Crippen MR) is 156 cm³/mol. The van der Waals surface area contributed by atoms with Crippen molar-refractivity contribution in [2.45, 2.75) is 43.8 Å². The molecule has 0 atom stereocenters. The first kappa shape index (κ1) is 27.5. The Hall–Kier alpha value is -3.07. The molecule has 3 aromatic rings. The van der Waals surface area contributed by atoms with Gasteiger partial charge in [0.2, 0.25) is 0 Å². The third-order valence-corrected chi connectivity index (χ3v) is 7.79. The van der Waals surface area contributed by atoms with Gasteiger partial charge in [-0.05, 0) is 73.4 Å². The van der Waals surface area contributed by atoms with Crippen molar-refractivity contribution in [2.75, 3.05) is 40.4 Å². The first-order chi connectivity index (χ1) is 19.1. The normalized spacial score (nSPS) is 17.4. The van der Waals surface area contributed by atoms with E-state index in [9.17, 15) is 0 Å². The van der Waals surface area contributed by atoms with Crippen molar-refractivity contribution >= 4 is 16.6 Å². The molecule has 0 unspecified atom stereocenters. The Kier molecular flexibility index (Phi) is 8.75.